The number of aliphatic hydroxyl groups excluding tert-OH is 1. The SMILES string of the molecule is CCCC(O)CNC(=O)NC1CCc2c(F)cccc21. The van der Waals surface area contributed by atoms with Gasteiger partial charge in [0.25, 0.3) is 0 Å². The lowest BCUT2D eigenvalue weighted by Gasteiger charge is -2.16. The maximum Gasteiger partial charge on any atom is 0.315 e. The largest absolute Gasteiger partial charge is 0.391 e. The van der Waals surface area contributed by atoms with Crippen LogP contribution in [0.2, 0.25) is 0 Å². The van der Waals surface area contributed by atoms with Gasteiger partial charge in [-0.25, -0.2) is 9.18 Å². The van der Waals surface area contributed by atoms with E-state index in [1.54, 1.807) is 6.07 Å². The van der Waals surface area contributed by atoms with Crippen molar-refractivity contribution < 1.29 is 14.3 Å². The Balaban J connectivity index is 1.87. The van der Waals surface area contributed by atoms with Gasteiger partial charge in [-0.3, -0.25) is 0 Å². The minimum Gasteiger partial charge on any atom is -0.391 e. The smallest absolute Gasteiger partial charge is 0.315 e. The number of amides is 2. The Morgan fingerprint density at radius 3 is 3.10 bits per heavy atom. The molecule has 0 spiro atoms. The fourth-order valence-electron chi connectivity index (χ4n) is 2.61. The van der Waals surface area contributed by atoms with Gasteiger partial charge >= 0.3 is 6.03 Å². The zero-order valence-corrected chi connectivity index (χ0v) is 11.7. The Morgan fingerprint density at radius 1 is 1.55 bits per heavy atom. The monoisotopic (exact) mass is 280 g/mol. The lowest BCUT2D eigenvalue weighted by Crippen LogP contribution is -2.40. The van der Waals surface area contributed by atoms with E-state index in [0.29, 0.717) is 24.8 Å². The molecule has 2 rings (SSSR count). The van der Waals surface area contributed by atoms with Gasteiger partial charge in [-0.2, -0.15) is 0 Å². The molecule has 0 aromatic heterocycles. The van der Waals surface area contributed by atoms with Crippen molar-refractivity contribution in [2.75, 3.05) is 6.54 Å². The highest BCUT2D eigenvalue weighted by atomic mass is 19.1. The van der Waals surface area contributed by atoms with E-state index in [0.717, 1.165) is 12.0 Å². The van der Waals surface area contributed by atoms with Crippen molar-refractivity contribution >= 4 is 6.03 Å². The van der Waals surface area contributed by atoms with E-state index in [1.165, 1.54) is 6.07 Å². The molecule has 2 unspecified atom stereocenters. The number of nitrogens with one attached hydrogen (secondary N) is 2. The molecule has 2 amide bonds. The van der Waals surface area contributed by atoms with Gasteiger partial charge in [-0.1, -0.05) is 25.5 Å². The van der Waals surface area contributed by atoms with Gasteiger partial charge in [0.2, 0.25) is 0 Å². The Bertz CT molecular complexity index is 479. The van der Waals surface area contributed by atoms with Crippen LogP contribution >= 0.6 is 0 Å². The topological polar surface area (TPSA) is 61.4 Å². The Morgan fingerprint density at radius 2 is 2.35 bits per heavy atom. The van der Waals surface area contributed by atoms with Crippen LogP contribution in [0, 0.1) is 5.82 Å². The normalized spacial score (nSPS) is 18.4. The summed E-state index contributed by atoms with van der Waals surface area (Å²) in [6.07, 6.45) is 2.38. The first-order valence-electron chi connectivity index (χ1n) is 7.11. The zero-order valence-electron chi connectivity index (χ0n) is 11.7. The Kier molecular flexibility index (Phi) is 4.95. The number of rotatable bonds is 5. The molecule has 1 aliphatic carbocycles. The van der Waals surface area contributed by atoms with E-state index in [4.69, 9.17) is 0 Å². The van der Waals surface area contributed by atoms with Crippen LogP contribution in [0.3, 0.4) is 0 Å². The molecule has 4 nitrogen and oxygen atoms in total. The standard InChI is InChI=1S/C15H21FN2O2/c1-2-4-10(19)9-17-15(20)18-14-8-7-11-12(14)5-3-6-13(11)16/h3,5-6,10,14,19H,2,4,7-9H2,1H3,(H2,17,18,20). The third-order valence-electron chi connectivity index (χ3n) is 3.64. The fourth-order valence-corrected chi connectivity index (χ4v) is 2.61. The van der Waals surface area contributed by atoms with Crippen LogP contribution in [0.15, 0.2) is 18.2 Å². The van der Waals surface area contributed by atoms with Crippen LogP contribution in [0.5, 0.6) is 0 Å². The van der Waals surface area contributed by atoms with E-state index in [-0.39, 0.29) is 24.4 Å². The summed E-state index contributed by atoms with van der Waals surface area (Å²) in [7, 11) is 0. The molecule has 1 aliphatic rings. The summed E-state index contributed by atoms with van der Waals surface area (Å²) in [4.78, 5) is 11.8. The number of aliphatic hydroxyl groups is 1. The number of carbonyl (C=O) groups is 1. The molecule has 0 saturated heterocycles. The quantitative estimate of drug-likeness (QED) is 0.775. The van der Waals surface area contributed by atoms with Crippen molar-refractivity contribution in [1.29, 1.82) is 0 Å². The summed E-state index contributed by atoms with van der Waals surface area (Å²) in [5.74, 6) is -0.203. The molecule has 2 atom stereocenters. The molecule has 20 heavy (non-hydrogen) atoms. The number of fused-ring (bicyclic) bond motifs is 1. The van der Waals surface area contributed by atoms with E-state index >= 15 is 0 Å². The van der Waals surface area contributed by atoms with Gasteiger partial charge in [-0.15, -0.1) is 0 Å². The Labute approximate surface area is 118 Å². The summed E-state index contributed by atoms with van der Waals surface area (Å²) < 4.78 is 13.6. The Hall–Kier alpha value is -1.62. The summed E-state index contributed by atoms with van der Waals surface area (Å²) in [6, 6.07) is 4.49. The molecule has 0 fully saturated rings. The second-order valence-corrected chi connectivity index (χ2v) is 5.20. The molecule has 1 aromatic rings. The van der Waals surface area contributed by atoms with Crippen molar-refractivity contribution in [3.05, 3.63) is 35.1 Å². The summed E-state index contributed by atoms with van der Waals surface area (Å²) in [6.45, 7) is 2.22. The molecular formula is C15H21FN2O2. The number of hydrogen-bond donors (Lipinski definition) is 3. The predicted molar refractivity (Wildman–Crippen MR) is 74.9 cm³/mol. The van der Waals surface area contributed by atoms with Crippen LogP contribution in [0.25, 0.3) is 0 Å². The van der Waals surface area contributed by atoms with Gasteiger partial charge < -0.3 is 15.7 Å². The number of carbonyl (C=O) groups excluding carboxylic acids is 1. The average molecular weight is 280 g/mol. The van der Waals surface area contributed by atoms with E-state index in [9.17, 15) is 14.3 Å². The van der Waals surface area contributed by atoms with Crippen molar-refractivity contribution in [3.8, 4) is 0 Å². The van der Waals surface area contributed by atoms with Crippen LogP contribution in [0.1, 0.15) is 43.4 Å². The molecule has 0 saturated carbocycles. The number of urea groups is 1. The van der Waals surface area contributed by atoms with Gasteiger partial charge in [0.15, 0.2) is 0 Å². The molecule has 0 radical (unpaired) electrons. The molecule has 1 aromatic carbocycles. The van der Waals surface area contributed by atoms with Gasteiger partial charge in [0, 0.05) is 6.54 Å². The van der Waals surface area contributed by atoms with Crippen molar-refractivity contribution in [2.45, 2.75) is 44.8 Å². The van der Waals surface area contributed by atoms with E-state index in [2.05, 4.69) is 10.6 Å². The third kappa shape index (κ3) is 3.48. The van der Waals surface area contributed by atoms with Gasteiger partial charge in [0.1, 0.15) is 5.82 Å². The minimum absolute atomic E-state index is 0.149. The highest BCUT2D eigenvalue weighted by Gasteiger charge is 2.26. The fraction of sp³-hybridized carbons (Fsp3) is 0.533. The number of halogens is 1. The number of benzene rings is 1. The average Bonchev–Trinajstić information content (AvgIpc) is 2.82. The third-order valence-corrected chi connectivity index (χ3v) is 3.64. The molecule has 3 N–H and O–H groups in total. The van der Waals surface area contributed by atoms with E-state index in [1.807, 2.05) is 13.0 Å². The maximum atomic E-state index is 13.6. The molecule has 5 heteroatoms. The molecular weight excluding hydrogens is 259 g/mol. The maximum absolute atomic E-state index is 13.6. The van der Waals surface area contributed by atoms with Gasteiger partial charge in [-0.05, 0) is 36.5 Å². The van der Waals surface area contributed by atoms with Crippen LogP contribution in [0.4, 0.5) is 9.18 Å². The molecule has 0 bridgehead atoms. The lowest BCUT2D eigenvalue weighted by molar-refractivity contribution is 0.160. The minimum atomic E-state index is -0.515. The van der Waals surface area contributed by atoms with Crippen LogP contribution < -0.4 is 10.6 Å². The lowest BCUT2D eigenvalue weighted by atomic mass is 10.1. The molecule has 110 valence electrons. The second-order valence-electron chi connectivity index (χ2n) is 5.20. The van der Waals surface area contributed by atoms with Crippen LogP contribution in [-0.4, -0.2) is 23.8 Å². The highest BCUT2D eigenvalue weighted by molar-refractivity contribution is 5.74. The zero-order chi connectivity index (χ0) is 14.5. The summed E-state index contributed by atoms with van der Waals surface area (Å²) >= 11 is 0. The van der Waals surface area contributed by atoms with Crippen LogP contribution in [-0.2, 0) is 6.42 Å². The van der Waals surface area contributed by atoms with Gasteiger partial charge in [0.05, 0.1) is 12.1 Å². The van der Waals surface area contributed by atoms with Crippen molar-refractivity contribution in [1.82, 2.24) is 10.6 Å². The molecule has 0 aliphatic heterocycles. The first kappa shape index (κ1) is 14.8. The predicted octanol–water partition coefficient (Wildman–Crippen LogP) is 2.27. The highest BCUT2D eigenvalue weighted by Crippen LogP contribution is 2.32. The van der Waals surface area contributed by atoms with Crippen molar-refractivity contribution in [3.63, 3.8) is 0 Å². The molecule has 0 heterocycles. The summed E-state index contributed by atoms with van der Waals surface area (Å²) in [5.41, 5.74) is 1.55. The van der Waals surface area contributed by atoms with Crippen molar-refractivity contribution in [2.24, 2.45) is 0 Å². The van der Waals surface area contributed by atoms with E-state index < -0.39 is 6.10 Å². The second kappa shape index (κ2) is 6.70. The first-order valence-corrected chi connectivity index (χ1v) is 7.11. The first-order chi connectivity index (χ1) is 9.61. The number of hydrogen-bond acceptors (Lipinski definition) is 2. The summed E-state index contributed by atoms with van der Waals surface area (Å²) in [5, 5.41) is 15.0.